The summed E-state index contributed by atoms with van der Waals surface area (Å²) in [6.45, 7) is 0. The maximum atomic E-state index is 13.5. The van der Waals surface area contributed by atoms with E-state index in [4.69, 9.17) is 0 Å². The van der Waals surface area contributed by atoms with Gasteiger partial charge in [-0.3, -0.25) is 0 Å². The van der Waals surface area contributed by atoms with Crippen molar-refractivity contribution in [2.24, 2.45) is 0 Å². The molecule has 76 valence electrons. The largest absolute Gasteiger partial charge is 0.507 e. The van der Waals surface area contributed by atoms with Crippen molar-refractivity contribution < 1.29 is 14.6 Å². The Bertz CT molecular complexity index is 480. The number of aromatic hydroxyl groups is 2. The maximum Gasteiger partial charge on any atom is 0.176 e. The fraction of sp³-hybridized carbons (Fsp3) is 0. The minimum Gasteiger partial charge on any atom is -0.507 e. The first-order chi connectivity index (χ1) is 7.20. The number of rotatable bonds is 1. The third-order valence-electron chi connectivity index (χ3n) is 2.16. The van der Waals surface area contributed by atoms with E-state index in [2.05, 4.69) is 0 Å². The van der Waals surface area contributed by atoms with Crippen molar-refractivity contribution in [1.29, 1.82) is 0 Å². The highest BCUT2D eigenvalue weighted by Gasteiger charge is 2.13. The molecular formula is C12H9FO2. The van der Waals surface area contributed by atoms with Crippen molar-refractivity contribution in [3.63, 3.8) is 0 Å². The molecule has 0 atom stereocenters. The van der Waals surface area contributed by atoms with Gasteiger partial charge in [-0.25, -0.2) is 4.39 Å². The van der Waals surface area contributed by atoms with Gasteiger partial charge in [0.05, 0.1) is 5.56 Å². The third kappa shape index (κ3) is 1.64. The second kappa shape index (κ2) is 3.61. The van der Waals surface area contributed by atoms with Crippen molar-refractivity contribution in [2.45, 2.75) is 0 Å². The van der Waals surface area contributed by atoms with E-state index in [1.54, 1.807) is 30.3 Å². The predicted molar refractivity (Wildman–Crippen MR) is 55.2 cm³/mol. The molecule has 0 amide bonds. The summed E-state index contributed by atoms with van der Waals surface area (Å²) in [6, 6.07) is 11.0. The zero-order valence-electron chi connectivity index (χ0n) is 7.81. The lowest BCUT2D eigenvalue weighted by molar-refractivity contribution is 0.424. The molecule has 0 aliphatic rings. The first kappa shape index (κ1) is 9.52. The van der Waals surface area contributed by atoms with Crippen LogP contribution in [0.3, 0.4) is 0 Å². The number of phenolic OH excluding ortho intramolecular Hbond substituents is 2. The second-order valence-corrected chi connectivity index (χ2v) is 3.16. The number of halogens is 1. The molecule has 2 N–H and O–H groups in total. The van der Waals surface area contributed by atoms with Crippen molar-refractivity contribution in [2.75, 3.05) is 0 Å². The standard InChI is InChI=1S/C12H9FO2/c13-12-10(15)7-6-9(14)11(12)8-4-2-1-3-5-8/h1-7,14-15H. The SMILES string of the molecule is Oc1ccc(O)c(-c2ccccc2)c1F. The van der Waals surface area contributed by atoms with E-state index in [0.29, 0.717) is 5.56 Å². The van der Waals surface area contributed by atoms with Gasteiger partial charge in [-0.05, 0) is 17.7 Å². The average Bonchev–Trinajstić information content (AvgIpc) is 2.26. The van der Waals surface area contributed by atoms with Crippen molar-refractivity contribution in [3.05, 3.63) is 48.3 Å². The van der Waals surface area contributed by atoms with E-state index < -0.39 is 11.6 Å². The molecule has 0 unspecified atom stereocenters. The van der Waals surface area contributed by atoms with Crippen LogP contribution >= 0.6 is 0 Å². The molecule has 2 nitrogen and oxygen atoms in total. The molecule has 0 fully saturated rings. The van der Waals surface area contributed by atoms with Gasteiger partial charge in [0.1, 0.15) is 5.75 Å². The van der Waals surface area contributed by atoms with Crippen molar-refractivity contribution in [3.8, 4) is 22.6 Å². The van der Waals surface area contributed by atoms with Crippen LogP contribution in [0.15, 0.2) is 42.5 Å². The Morgan fingerprint density at radius 2 is 1.40 bits per heavy atom. The summed E-state index contributed by atoms with van der Waals surface area (Å²) in [5.41, 5.74) is 0.555. The Morgan fingerprint density at radius 1 is 0.800 bits per heavy atom. The van der Waals surface area contributed by atoms with Crippen LogP contribution in [0.1, 0.15) is 0 Å². The normalized spacial score (nSPS) is 10.2. The van der Waals surface area contributed by atoms with E-state index in [1.165, 1.54) is 6.07 Å². The zero-order valence-corrected chi connectivity index (χ0v) is 7.81. The smallest absolute Gasteiger partial charge is 0.176 e. The minimum absolute atomic E-state index is 0.0237. The average molecular weight is 204 g/mol. The van der Waals surface area contributed by atoms with Crippen LogP contribution in [-0.2, 0) is 0 Å². The summed E-state index contributed by atoms with van der Waals surface area (Å²) in [4.78, 5) is 0. The Balaban J connectivity index is 2.68. The number of hydrogen-bond donors (Lipinski definition) is 2. The zero-order chi connectivity index (χ0) is 10.8. The van der Waals surface area contributed by atoms with E-state index >= 15 is 0 Å². The Labute approximate surface area is 86.2 Å². The molecule has 3 heteroatoms. The van der Waals surface area contributed by atoms with Crippen molar-refractivity contribution >= 4 is 0 Å². The van der Waals surface area contributed by atoms with Crippen LogP contribution in [0, 0.1) is 5.82 Å². The van der Waals surface area contributed by atoms with Gasteiger partial charge in [0, 0.05) is 0 Å². The molecule has 2 rings (SSSR count). The Morgan fingerprint density at radius 3 is 2.07 bits per heavy atom. The summed E-state index contributed by atoms with van der Waals surface area (Å²) in [7, 11) is 0. The highest BCUT2D eigenvalue weighted by Crippen LogP contribution is 2.35. The minimum atomic E-state index is -0.804. The summed E-state index contributed by atoms with van der Waals surface area (Å²) in [5.74, 6) is -1.45. The fourth-order valence-corrected chi connectivity index (χ4v) is 1.43. The van der Waals surface area contributed by atoms with Gasteiger partial charge in [-0.15, -0.1) is 0 Å². The highest BCUT2D eigenvalue weighted by atomic mass is 19.1. The molecule has 0 saturated carbocycles. The maximum absolute atomic E-state index is 13.5. The molecule has 0 bridgehead atoms. The summed E-state index contributed by atoms with van der Waals surface area (Å²) >= 11 is 0. The van der Waals surface area contributed by atoms with Crippen LogP contribution in [0.2, 0.25) is 0 Å². The monoisotopic (exact) mass is 204 g/mol. The Hall–Kier alpha value is -2.03. The number of hydrogen-bond acceptors (Lipinski definition) is 2. The quantitative estimate of drug-likeness (QED) is 0.701. The molecule has 15 heavy (non-hydrogen) atoms. The van der Waals surface area contributed by atoms with Gasteiger partial charge in [0.25, 0.3) is 0 Å². The molecular weight excluding hydrogens is 195 g/mol. The van der Waals surface area contributed by atoms with E-state index in [-0.39, 0.29) is 11.3 Å². The first-order valence-corrected chi connectivity index (χ1v) is 4.46. The summed E-state index contributed by atoms with van der Waals surface area (Å²) in [5, 5.41) is 18.7. The lowest BCUT2D eigenvalue weighted by Gasteiger charge is -2.07. The van der Waals surface area contributed by atoms with Gasteiger partial charge in [-0.1, -0.05) is 30.3 Å². The van der Waals surface area contributed by atoms with E-state index in [1.807, 2.05) is 0 Å². The summed E-state index contributed by atoms with van der Waals surface area (Å²) in [6.07, 6.45) is 0. The van der Waals surface area contributed by atoms with Crippen LogP contribution in [-0.4, -0.2) is 10.2 Å². The molecule has 2 aromatic carbocycles. The third-order valence-corrected chi connectivity index (χ3v) is 2.16. The van der Waals surface area contributed by atoms with Crippen LogP contribution in [0.4, 0.5) is 4.39 Å². The molecule has 0 aromatic heterocycles. The van der Waals surface area contributed by atoms with Crippen LogP contribution in [0.5, 0.6) is 11.5 Å². The highest BCUT2D eigenvalue weighted by molar-refractivity contribution is 5.72. The van der Waals surface area contributed by atoms with Gasteiger partial charge < -0.3 is 10.2 Å². The molecule has 0 saturated heterocycles. The summed E-state index contributed by atoms with van der Waals surface area (Å²) < 4.78 is 13.5. The molecule has 0 heterocycles. The van der Waals surface area contributed by atoms with Gasteiger partial charge in [0.2, 0.25) is 0 Å². The second-order valence-electron chi connectivity index (χ2n) is 3.16. The van der Waals surface area contributed by atoms with Gasteiger partial charge in [-0.2, -0.15) is 0 Å². The lowest BCUT2D eigenvalue weighted by Crippen LogP contribution is -1.85. The molecule has 0 radical (unpaired) electrons. The molecule has 2 aromatic rings. The van der Waals surface area contributed by atoms with Crippen LogP contribution in [0.25, 0.3) is 11.1 Å². The number of benzene rings is 2. The topological polar surface area (TPSA) is 40.5 Å². The van der Waals surface area contributed by atoms with E-state index in [0.717, 1.165) is 6.07 Å². The van der Waals surface area contributed by atoms with Crippen molar-refractivity contribution in [1.82, 2.24) is 0 Å². The van der Waals surface area contributed by atoms with Crippen LogP contribution < -0.4 is 0 Å². The molecule has 0 spiro atoms. The van der Waals surface area contributed by atoms with Gasteiger partial charge >= 0.3 is 0 Å². The molecule has 0 aliphatic heterocycles. The first-order valence-electron chi connectivity index (χ1n) is 4.46. The predicted octanol–water partition coefficient (Wildman–Crippen LogP) is 2.90. The number of phenols is 2. The fourth-order valence-electron chi connectivity index (χ4n) is 1.43. The van der Waals surface area contributed by atoms with E-state index in [9.17, 15) is 14.6 Å². The molecule has 0 aliphatic carbocycles. The Kier molecular flexibility index (Phi) is 2.29. The lowest BCUT2D eigenvalue weighted by atomic mass is 10.0. The van der Waals surface area contributed by atoms with Gasteiger partial charge in [0.15, 0.2) is 11.6 Å².